The summed E-state index contributed by atoms with van der Waals surface area (Å²) in [6.45, 7) is 0.494. The molecule has 0 bridgehead atoms. The lowest BCUT2D eigenvalue weighted by Gasteiger charge is -2.11. The number of hydrogen-bond donors (Lipinski definition) is 1. The summed E-state index contributed by atoms with van der Waals surface area (Å²) < 4.78 is 1.04. The second-order valence-corrected chi connectivity index (χ2v) is 5.59. The van der Waals surface area contributed by atoms with Crippen molar-refractivity contribution in [2.24, 2.45) is 5.92 Å². The maximum atomic E-state index is 12.1. The van der Waals surface area contributed by atoms with E-state index in [9.17, 15) is 9.59 Å². The van der Waals surface area contributed by atoms with Gasteiger partial charge in [0, 0.05) is 25.7 Å². The van der Waals surface area contributed by atoms with E-state index in [0.29, 0.717) is 13.0 Å². The molecule has 3 rings (SSSR count). The molecule has 1 saturated heterocycles. The molecule has 1 fully saturated rings. The van der Waals surface area contributed by atoms with Crippen molar-refractivity contribution in [3.63, 3.8) is 0 Å². The molecule has 0 saturated carbocycles. The summed E-state index contributed by atoms with van der Waals surface area (Å²) in [4.78, 5) is 29.3. The van der Waals surface area contributed by atoms with Crippen molar-refractivity contribution in [2.45, 2.75) is 6.42 Å². The van der Waals surface area contributed by atoms with E-state index in [2.05, 4.69) is 10.3 Å². The van der Waals surface area contributed by atoms with E-state index in [1.165, 1.54) is 11.3 Å². The lowest BCUT2D eigenvalue weighted by molar-refractivity contribution is -0.127. The third-order valence-electron chi connectivity index (χ3n) is 3.31. The zero-order chi connectivity index (χ0) is 13.4. The van der Waals surface area contributed by atoms with Crippen LogP contribution in [-0.2, 0) is 9.59 Å². The number of rotatable bonds is 2. The molecular formula is C13H13N3O2S. The van der Waals surface area contributed by atoms with Gasteiger partial charge in [-0.15, -0.1) is 11.3 Å². The molecule has 1 atom stereocenters. The zero-order valence-electron chi connectivity index (χ0n) is 10.4. The number of likely N-dealkylation sites (tertiary alicyclic amines) is 1. The molecule has 2 aromatic rings. The average Bonchev–Trinajstić information content (AvgIpc) is 2.96. The number of hydrogen-bond acceptors (Lipinski definition) is 4. The van der Waals surface area contributed by atoms with Crippen LogP contribution in [0.1, 0.15) is 6.42 Å². The van der Waals surface area contributed by atoms with E-state index in [4.69, 9.17) is 0 Å². The van der Waals surface area contributed by atoms with Crippen LogP contribution >= 0.6 is 11.3 Å². The fraction of sp³-hybridized carbons (Fsp3) is 0.308. The predicted molar refractivity (Wildman–Crippen MR) is 74.0 cm³/mol. The maximum absolute atomic E-state index is 12.1. The Bertz CT molecular complexity index is 652. The zero-order valence-corrected chi connectivity index (χ0v) is 11.2. The number of anilines is 1. The molecule has 0 aliphatic carbocycles. The molecule has 1 aliphatic heterocycles. The van der Waals surface area contributed by atoms with Gasteiger partial charge in [-0.25, -0.2) is 4.98 Å². The molecule has 1 unspecified atom stereocenters. The molecule has 1 aromatic carbocycles. The number of amides is 2. The minimum absolute atomic E-state index is 0.0260. The Hall–Kier alpha value is -1.95. The number of fused-ring (bicyclic) bond motifs is 1. The summed E-state index contributed by atoms with van der Waals surface area (Å²) in [5.41, 5.74) is 3.46. The summed E-state index contributed by atoms with van der Waals surface area (Å²) in [7, 11) is 1.72. The fourth-order valence-corrected chi connectivity index (χ4v) is 2.93. The minimum atomic E-state index is -0.255. The topological polar surface area (TPSA) is 62.3 Å². The Labute approximate surface area is 114 Å². The molecule has 5 nitrogen and oxygen atoms in total. The van der Waals surface area contributed by atoms with E-state index in [1.807, 2.05) is 18.2 Å². The normalized spacial score (nSPS) is 19.1. The number of nitrogens with zero attached hydrogens (tertiary/aromatic N) is 2. The summed E-state index contributed by atoms with van der Waals surface area (Å²) >= 11 is 1.54. The second-order valence-electron chi connectivity index (χ2n) is 4.70. The summed E-state index contributed by atoms with van der Waals surface area (Å²) in [5.74, 6) is -0.325. The van der Waals surface area contributed by atoms with Gasteiger partial charge in [0.2, 0.25) is 11.8 Å². The first kappa shape index (κ1) is 12.1. The van der Waals surface area contributed by atoms with Crippen LogP contribution < -0.4 is 5.32 Å². The van der Waals surface area contributed by atoms with Gasteiger partial charge in [-0.2, -0.15) is 0 Å². The third-order valence-corrected chi connectivity index (χ3v) is 4.10. The minimum Gasteiger partial charge on any atom is -0.345 e. The standard InChI is InChI=1S/C13H13N3O2S/c1-16-6-8(4-12(16)17)13(18)15-9-2-3-10-11(5-9)19-7-14-10/h2-3,5,7-8H,4,6H2,1H3,(H,15,18). The van der Waals surface area contributed by atoms with Crippen molar-refractivity contribution in [1.29, 1.82) is 0 Å². The van der Waals surface area contributed by atoms with Gasteiger partial charge >= 0.3 is 0 Å². The number of thiazole rings is 1. The summed E-state index contributed by atoms with van der Waals surface area (Å²) in [6.07, 6.45) is 0.297. The van der Waals surface area contributed by atoms with Gasteiger partial charge in [0.1, 0.15) is 0 Å². The number of aromatic nitrogens is 1. The SMILES string of the molecule is CN1CC(C(=O)Nc2ccc3ncsc3c2)CC1=O. The van der Waals surface area contributed by atoms with Gasteiger partial charge < -0.3 is 10.2 Å². The van der Waals surface area contributed by atoms with Gasteiger partial charge in [-0.05, 0) is 18.2 Å². The van der Waals surface area contributed by atoms with Gasteiger partial charge in [-0.1, -0.05) is 0 Å². The molecule has 1 aliphatic rings. The Kier molecular flexibility index (Phi) is 2.94. The summed E-state index contributed by atoms with van der Waals surface area (Å²) in [5, 5.41) is 2.87. The van der Waals surface area contributed by atoms with Crippen LogP contribution in [0, 0.1) is 5.92 Å². The molecule has 2 heterocycles. The van der Waals surface area contributed by atoms with Crippen molar-refractivity contribution < 1.29 is 9.59 Å². The van der Waals surface area contributed by atoms with Crippen molar-refractivity contribution in [3.8, 4) is 0 Å². The molecule has 19 heavy (non-hydrogen) atoms. The van der Waals surface area contributed by atoms with E-state index in [-0.39, 0.29) is 17.7 Å². The van der Waals surface area contributed by atoms with Crippen LogP contribution in [0.25, 0.3) is 10.2 Å². The largest absolute Gasteiger partial charge is 0.345 e. The van der Waals surface area contributed by atoms with E-state index in [1.54, 1.807) is 17.5 Å². The lowest BCUT2D eigenvalue weighted by Crippen LogP contribution is -2.25. The number of carbonyl (C=O) groups excluding carboxylic acids is 2. The smallest absolute Gasteiger partial charge is 0.229 e. The van der Waals surface area contributed by atoms with Crippen molar-refractivity contribution >= 4 is 39.1 Å². The van der Waals surface area contributed by atoms with Crippen LogP contribution in [0.5, 0.6) is 0 Å². The first-order valence-electron chi connectivity index (χ1n) is 6.01. The molecule has 6 heteroatoms. The molecule has 98 valence electrons. The highest BCUT2D eigenvalue weighted by Crippen LogP contribution is 2.23. The van der Waals surface area contributed by atoms with Crippen LogP contribution in [0.3, 0.4) is 0 Å². The third kappa shape index (κ3) is 2.31. The van der Waals surface area contributed by atoms with Gasteiger partial charge in [0.05, 0.1) is 21.6 Å². The Morgan fingerprint density at radius 1 is 1.53 bits per heavy atom. The van der Waals surface area contributed by atoms with Crippen molar-refractivity contribution in [1.82, 2.24) is 9.88 Å². The molecule has 0 radical (unpaired) electrons. The summed E-state index contributed by atoms with van der Waals surface area (Å²) in [6, 6.07) is 5.62. The second kappa shape index (κ2) is 4.62. The Morgan fingerprint density at radius 3 is 3.11 bits per heavy atom. The number of carbonyl (C=O) groups is 2. The molecule has 2 amide bonds. The fourth-order valence-electron chi connectivity index (χ4n) is 2.22. The van der Waals surface area contributed by atoms with Crippen LogP contribution in [0.15, 0.2) is 23.7 Å². The quantitative estimate of drug-likeness (QED) is 0.907. The average molecular weight is 275 g/mol. The highest BCUT2D eigenvalue weighted by molar-refractivity contribution is 7.16. The first-order valence-corrected chi connectivity index (χ1v) is 6.89. The van der Waals surface area contributed by atoms with Gasteiger partial charge in [0.25, 0.3) is 0 Å². The molecule has 0 spiro atoms. The molecule has 1 N–H and O–H groups in total. The van der Waals surface area contributed by atoms with Gasteiger partial charge in [0.15, 0.2) is 0 Å². The Balaban J connectivity index is 1.74. The first-order chi connectivity index (χ1) is 9.13. The van der Waals surface area contributed by atoms with Crippen molar-refractivity contribution in [2.75, 3.05) is 18.9 Å². The number of benzene rings is 1. The Morgan fingerprint density at radius 2 is 2.37 bits per heavy atom. The molecular weight excluding hydrogens is 262 g/mol. The van der Waals surface area contributed by atoms with Crippen molar-refractivity contribution in [3.05, 3.63) is 23.7 Å². The molecule has 1 aromatic heterocycles. The van der Waals surface area contributed by atoms with Crippen LogP contribution in [0.4, 0.5) is 5.69 Å². The van der Waals surface area contributed by atoms with E-state index >= 15 is 0 Å². The van der Waals surface area contributed by atoms with E-state index < -0.39 is 0 Å². The van der Waals surface area contributed by atoms with Crippen LogP contribution in [-0.4, -0.2) is 35.3 Å². The maximum Gasteiger partial charge on any atom is 0.229 e. The predicted octanol–water partition coefficient (Wildman–Crippen LogP) is 1.71. The lowest BCUT2D eigenvalue weighted by atomic mass is 10.1. The highest BCUT2D eigenvalue weighted by atomic mass is 32.1. The monoisotopic (exact) mass is 275 g/mol. The highest BCUT2D eigenvalue weighted by Gasteiger charge is 2.32. The van der Waals surface area contributed by atoms with Gasteiger partial charge in [-0.3, -0.25) is 9.59 Å². The number of nitrogens with one attached hydrogen (secondary N) is 1. The van der Waals surface area contributed by atoms with E-state index in [0.717, 1.165) is 15.9 Å². The van der Waals surface area contributed by atoms with Crippen LogP contribution in [0.2, 0.25) is 0 Å².